The molecule has 0 saturated carbocycles. The number of rotatable bonds is 6. The number of alkyl carbamates (subject to hydrolysis) is 1. The van der Waals surface area contributed by atoms with Gasteiger partial charge in [-0.1, -0.05) is 54.6 Å². The summed E-state index contributed by atoms with van der Waals surface area (Å²) in [6, 6.07) is 15.9. The van der Waals surface area contributed by atoms with Crippen molar-refractivity contribution in [3.05, 3.63) is 71.3 Å². The summed E-state index contributed by atoms with van der Waals surface area (Å²) in [4.78, 5) is 38.2. The van der Waals surface area contributed by atoms with Crippen molar-refractivity contribution in [2.75, 3.05) is 19.7 Å². The molecule has 1 saturated heterocycles. The molecule has 1 heterocycles. The average Bonchev–Trinajstić information content (AvgIpc) is 3.16. The molecule has 7 heteroatoms. The van der Waals surface area contributed by atoms with Gasteiger partial charge in [-0.2, -0.15) is 0 Å². The lowest BCUT2D eigenvalue weighted by Gasteiger charge is -2.37. The van der Waals surface area contributed by atoms with Gasteiger partial charge in [0.2, 0.25) is 5.91 Å². The zero-order valence-corrected chi connectivity index (χ0v) is 19.5. The highest BCUT2D eigenvalue weighted by atomic mass is 16.5. The Hall–Kier alpha value is -3.61. The lowest BCUT2D eigenvalue weighted by atomic mass is 9.90. The van der Waals surface area contributed by atoms with Crippen molar-refractivity contribution in [3.8, 4) is 11.1 Å². The minimum Gasteiger partial charge on any atom is -0.481 e. The summed E-state index contributed by atoms with van der Waals surface area (Å²) < 4.78 is 5.52. The molecule has 2 aromatic carbocycles. The van der Waals surface area contributed by atoms with E-state index in [-0.39, 0.29) is 31.0 Å². The molecule has 4 rings (SSSR count). The molecule has 1 aliphatic heterocycles. The Labute approximate surface area is 199 Å². The van der Waals surface area contributed by atoms with Crippen LogP contribution in [0.3, 0.4) is 0 Å². The third-order valence-corrected chi connectivity index (χ3v) is 6.90. The minimum absolute atomic E-state index is 0.0141. The Morgan fingerprint density at radius 2 is 1.71 bits per heavy atom. The van der Waals surface area contributed by atoms with Crippen molar-refractivity contribution in [3.63, 3.8) is 0 Å². The van der Waals surface area contributed by atoms with Crippen LogP contribution in [0.2, 0.25) is 0 Å². The van der Waals surface area contributed by atoms with E-state index in [0.717, 1.165) is 11.1 Å². The number of ether oxygens (including phenoxy) is 1. The molecule has 2 atom stereocenters. The largest absolute Gasteiger partial charge is 0.481 e. The molecule has 2 N–H and O–H groups in total. The van der Waals surface area contributed by atoms with Gasteiger partial charge < -0.3 is 20.1 Å². The van der Waals surface area contributed by atoms with Crippen LogP contribution in [-0.4, -0.2) is 53.7 Å². The van der Waals surface area contributed by atoms with Crippen molar-refractivity contribution < 1.29 is 24.2 Å². The first-order chi connectivity index (χ1) is 16.4. The van der Waals surface area contributed by atoms with Crippen molar-refractivity contribution in [1.29, 1.82) is 0 Å². The summed E-state index contributed by atoms with van der Waals surface area (Å²) in [6.07, 6.45) is 2.33. The number of fused-ring (bicyclic) bond motifs is 3. The van der Waals surface area contributed by atoms with Gasteiger partial charge in [0.1, 0.15) is 6.61 Å². The number of carbonyl (C=O) groups excluding carboxylic acids is 2. The van der Waals surface area contributed by atoms with Crippen LogP contribution in [0.1, 0.15) is 43.7 Å². The summed E-state index contributed by atoms with van der Waals surface area (Å²) in [5.41, 5.74) is 5.10. The maximum atomic E-state index is 12.8. The van der Waals surface area contributed by atoms with Crippen LogP contribution >= 0.6 is 0 Å². The summed E-state index contributed by atoms with van der Waals surface area (Å²) in [7, 11) is 0. The van der Waals surface area contributed by atoms with E-state index < -0.39 is 18.0 Å². The van der Waals surface area contributed by atoms with E-state index in [1.54, 1.807) is 24.8 Å². The molecular weight excluding hydrogens is 432 g/mol. The number of carbonyl (C=O) groups is 3. The third-order valence-electron chi connectivity index (χ3n) is 6.90. The molecule has 0 bridgehead atoms. The van der Waals surface area contributed by atoms with E-state index in [9.17, 15) is 19.5 Å². The number of hydrogen-bond acceptors (Lipinski definition) is 4. The van der Waals surface area contributed by atoms with Crippen molar-refractivity contribution in [2.45, 2.75) is 38.6 Å². The van der Waals surface area contributed by atoms with Crippen LogP contribution in [0.15, 0.2) is 60.2 Å². The molecule has 0 radical (unpaired) electrons. The molecule has 178 valence electrons. The molecule has 0 spiro atoms. The van der Waals surface area contributed by atoms with Crippen LogP contribution in [0.25, 0.3) is 11.1 Å². The molecule has 7 nitrogen and oxygen atoms in total. The number of nitrogens with one attached hydrogen (secondary N) is 1. The fourth-order valence-corrected chi connectivity index (χ4v) is 5.01. The number of likely N-dealkylation sites (tertiary alicyclic amines) is 1. The van der Waals surface area contributed by atoms with E-state index in [0.29, 0.717) is 25.0 Å². The summed E-state index contributed by atoms with van der Waals surface area (Å²) in [6.45, 7) is 4.37. The number of nitrogens with zero attached hydrogens (tertiary/aromatic N) is 1. The maximum absolute atomic E-state index is 12.8. The van der Waals surface area contributed by atoms with Gasteiger partial charge in [-0.15, -0.1) is 0 Å². The second-order valence-corrected chi connectivity index (χ2v) is 8.92. The molecule has 2 aliphatic rings. The normalized spacial score (nSPS) is 19.8. The van der Waals surface area contributed by atoms with Crippen LogP contribution < -0.4 is 5.32 Å². The maximum Gasteiger partial charge on any atom is 0.407 e. The third kappa shape index (κ3) is 4.69. The SMILES string of the molecule is C/C(=C\CNC(=O)OCC1c2ccccc2-c2ccccc21)C(=O)N1CCCC(C(=O)O)C1C. The Morgan fingerprint density at radius 3 is 2.32 bits per heavy atom. The predicted octanol–water partition coefficient (Wildman–Crippen LogP) is 4.18. The second-order valence-electron chi connectivity index (χ2n) is 8.92. The lowest BCUT2D eigenvalue weighted by molar-refractivity contribution is -0.148. The van der Waals surface area contributed by atoms with E-state index in [2.05, 4.69) is 29.6 Å². The fraction of sp³-hybridized carbons (Fsp3) is 0.370. The van der Waals surface area contributed by atoms with Crippen molar-refractivity contribution >= 4 is 18.0 Å². The monoisotopic (exact) mass is 462 g/mol. The number of aliphatic carboxylic acids is 1. The van der Waals surface area contributed by atoms with Crippen molar-refractivity contribution in [2.24, 2.45) is 5.92 Å². The van der Waals surface area contributed by atoms with Gasteiger partial charge in [-0.05, 0) is 48.9 Å². The van der Waals surface area contributed by atoms with Gasteiger partial charge in [0.05, 0.1) is 5.92 Å². The first-order valence-corrected chi connectivity index (χ1v) is 11.7. The Kier molecular flexibility index (Phi) is 7.01. The zero-order valence-electron chi connectivity index (χ0n) is 19.5. The Bertz CT molecular complexity index is 1080. The number of hydrogen-bond donors (Lipinski definition) is 2. The topological polar surface area (TPSA) is 95.9 Å². The zero-order chi connectivity index (χ0) is 24.2. The molecule has 2 aromatic rings. The van der Waals surface area contributed by atoms with E-state index in [1.807, 2.05) is 24.3 Å². The van der Waals surface area contributed by atoms with Crippen LogP contribution in [0.5, 0.6) is 0 Å². The van der Waals surface area contributed by atoms with E-state index >= 15 is 0 Å². The molecular formula is C27H30N2O5. The van der Waals surface area contributed by atoms with Gasteiger partial charge in [-0.25, -0.2) is 4.79 Å². The fourth-order valence-electron chi connectivity index (χ4n) is 5.01. The lowest BCUT2D eigenvalue weighted by Crippen LogP contribution is -2.49. The van der Waals surface area contributed by atoms with Crippen LogP contribution in [0.4, 0.5) is 4.79 Å². The highest BCUT2D eigenvalue weighted by Gasteiger charge is 2.35. The number of amides is 2. The molecule has 1 aliphatic carbocycles. The number of piperidine rings is 1. The highest BCUT2D eigenvalue weighted by Crippen LogP contribution is 2.44. The highest BCUT2D eigenvalue weighted by molar-refractivity contribution is 5.93. The van der Waals surface area contributed by atoms with Crippen LogP contribution in [-0.2, 0) is 14.3 Å². The quantitative estimate of drug-likeness (QED) is 0.628. The Morgan fingerprint density at radius 1 is 1.09 bits per heavy atom. The smallest absolute Gasteiger partial charge is 0.407 e. The first kappa shape index (κ1) is 23.5. The summed E-state index contributed by atoms with van der Waals surface area (Å²) in [5, 5.41) is 12.1. The molecule has 2 unspecified atom stereocenters. The van der Waals surface area contributed by atoms with E-state index in [1.165, 1.54) is 11.1 Å². The standard InChI is InChI=1S/C27H30N2O5/c1-17(25(30)29-15-7-12-19(18(29)2)26(31)32)13-14-28-27(33)34-16-24-22-10-5-3-8-20(22)21-9-4-6-11-23(21)24/h3-6,8-11,13,18-19,24H,7,12,14-16H2,1-2H3,(H,28,33)(H,31,32)/b17-13+. The second kappa shape index (κ2) is 10.1. The van der Waals surface area contributed by atoms with Gasteiger partial charge in [0.25, 0.3) is 0 Å². The molecule has 1 fully saturated rings. The summed E-state index contributed by atoms with van der Waals surface area (Å²) >= 11 is 0. The first-order valence-electron chi connectivity index (χ1n) is 11.7. The van der Waals surface area contributed by atoms with E-state index in [4.69, 9.17) is 4.74 Å². The average molecular weight is 463 g/mol. The van der Waals surface area contributed by atoms with Crippen molar-refractivity contribution in [1.82, 2.24) is 10.2 Å². The molecule has 2 amide bonds. The Balaban J connectivity index is 1.31. The molecule has 34 heavy (non-hydrogen) atoms. The van der Waals surface area contributed by atoms with Gasteiger partial charge in [-0.3, -0.25) is 9.59 Å². The van der Waals surface area contributed by atoms with Gasteiger partial charge in [0, 0.05) is 30.6 Å². The van der Waals surface area contributed by atoms with Crippen LogP contribution in [0, 0.1) is 5.92 Å². The van der Waals surface area contributed by atoms with Gasteiger partial charge in [0.15, 0.2) is 0 Å². The number of benzene rings is 2. The summed E-state index contributed by atoms with van der Waals surface area (Å²) in [5.74, 6) is -1.64. The minimum atomic E-state index is -0.872. The predicted molar refractivity (Wildman–Crippen MR) is 128 cm³/mol. The molecule has 0 aromatic heterocycles. The number of carboxylic acids is 1. The number of carboxylic acid groups (broad SMARTS) is 1. The van der Waals surface area contributed by atoms with Gasteiger partial charge >= 0.3 is 12.1 Å².